The highest BCUT2D eigenvalue weighted by Gasteiger charge is 2.43. The lowest BCUT2D eigenvalue weighted by Gasteiger charge is -2.31. The maximum Gasteiger partial charge on any atom is 0.326 e. The number of aromatic amines is 1. The Balaban J connectivity index is 1.31. The second-order valence-corrected chi connectivity index (χ2v) is 31.3. The van der Waals surface area contributed by atoms with E-state index in [1.54, 1.807) is 61.5 Å². The molecule has 1 fully saturated rings. The van der Waals surface area contributed by atoms with Crippen LogP contribution in [0.25, 0.3) is 10.9 Å². The summed E-state index contributed by atoms with van der Waals surface area (Å²) in [5, 5.41) is 102. The van der Waals surface area contributed by atoms with Crippen LogP contribution in [0, 0.1) is 17.8 Å². The van der Waals surface area contributed by atoms with Crippen LogP contribution in [-0.4, -0.2) is 281 Å². The van der Waals surface area contributed by atoms with Gasteiger partial charge in [-0.2, -0.15) is 0 Å². The van der Waals surface area contributed by atoms with E-state index in [1.807, 2.05) is 5.32 Å². The number of carbonyl (C=O) groups excluding carboxylic acids is 17. The minimum atomic E-state index is -2.11. The highest BCUT2D eigenvalue weighted by Crippen LogP contribution is 2.23. The second-order valence-electron chi connectivity index (χ2n) is 31.3. The molecule has 0 unspecified atom stereocenters. The molecule has 18 atom stereocenters. The zero-order valence-corrected chi connectivity index (χ0v) is 70.7. The monoisotopic (exact) mass is 1770 g/mol. The number of benzene rings is 3. The third-order valence-electron chi connectivity index (χ3n) is 20.6. The van der Waals surface area contributed by atoms with Gasteiger partial charge in [0.1, 0.15) is 90.3 Å². The van der Waals surface area contributed by atoms with Crippen molar-refractivity contribution in [1.29, 1.82) is 0 Å². The van der Waals surface area contributed by atoms with Crippen molar-refractivity contribution < 1.29 is 127 Å². The Bertz CT molecular complexity index is 4550. The van der Waals surface area contributed by atoms with Crippen molar-refractivity contribution in [1.82, 2.24) is 79.0 Å². The summed E-state index contributed by atoms with van der Waals surface area (Å²) in [6.45, 7) is 8.75. The van der Waals surface area contributed by atoms with E-state index in [9.17, 15) is 127 Å². The average Bonchev–Trinajstić information content (AvgIpc) is 1.65. The molecule has 5 rings (SSSR count). The van der Waals surface area contributed by atoms with Gasteiger partial charge in [-0.3, -0.25) is 86.3 Å². The summed E-state index contributed by atoms with van der Waals surface area (Å²) in [7, 11) is 0. The summed E-state index contributed by atoms with van der Waals surface area (Å²) in [6, 6.07) is -5.88. The number of amides is 17. The average molecular weight is 1770 g/mol. The van der Waals surface area contributed by atoms with E-state index < -0.39 is 285 Å². The first-order chi connectivity index (χ1) is 59.3. The summed E-state index contributed by atoms with van der Waals surface area (Å²) in [5.74, 6) is -25.2. The fourth-order valence-corrected chi connectivity index (χ4v) is 13.4. The number of aromatic hydroxyl groups is 1. The van der Waals surface area contributed by atoms with Crippen LogP contribution in [0.1, 0.15) is 123 Å². The van der Waals surface area contributed by atoms with Crippen molar-refractivity contribution in [3.05, 3.63) is 102 Å². The van der Waals surface area contributed by atoms with E-state index in [0.717, 1.165) is 13.8 Å². The Labute approximate surface area is 723 Å². The highest BCUT2D eigenvalue weighted by molar-refractivity contribution is 6.02. The van der Waals surface area contributed by atoms with Gasteiger partial charge in [0.25, 0.3) is 0 Å². The van der Waals surface area contributed by atoms with Gasteiger partial charge in [-0.1, -0.05) is 109 Å². The zero-order chi connectivity index (χ0) is 94.3. The molecule has 0 spiro atoms. The smallest absolute Gasteiger partial charge is 0.326 e. The third-order valence-corrected chi connectivity index (χ3v) is 20.6. The summed E-state index contributed by atoms with van der Waals surface area (Å²) in [4.78, 5) is 263. The molecule has 2 heterocycles. The van der Waals surface area contributed by atoms with Gasteiger partial charge < -0.3 is 138 Å². The van der Waals surface area contributed by atoms with E-state index in [1.165, 1.54) is 70.0 Å². The SMILES string of the molecule is CC[C@H](C)[C@H](NC(=O)[C@@H](NC(=O)[C@H](CC(N)=O)NC(=O)[C@@H](NC(=O)[C@H](CCC(N)=O)NC(=O)[C@@H]1CCCN1C(=O)[C@@H](N)Cc1ccc(O)cc1)C(C)C)C(C)C)C(=O)N[C@@H](CC(N)=O)C(=O)N[C@@H](Cc1ccccc1)C(=O)N[C@H](C(=O)N[C@H](C(=O)N[C@@H](CO)C(=O)N[C@@H](Cc1c[nH]c2ccccc12)C(=O)N[C@@H](CO)C(=O)N[C@@H](CC(=O)O)C(=O)O)[C@@H](C)O)[C@@H](C)O. The lowest BCUT2D eigenvalue weighted by Crippen LogP contribution is -2.64. The number of fused-ring (bicyclic) bond motifs is 1. The number of likely N-dealkylation sites (tertiary alicyclic amines) is 1. The molecular formula is C81H115N19O26. The van der Waals surface area contributed by atoms with Gasteiger partial charge >= 0.3 is 11.9 Å². The topological polar surface area (TPSA) is 745 Å². The van der Waals surface area contributed by atoms with Crippen LogP contribution >= 0.6 is 0 Å². The minimum absolute atomic E-state index is 0.00796. The minimum Gasteiger partial charge on any atom is -0.508 e. The van der Waals surface area contributed by atoms with E-state index in [2.05, 4.69) is 68.8 Å². The first kappa shape index (κ1) is 103. The van der Waals surface area contributed by atoms with Crippen LogP contribution in [0.15, 0.2) is 85.1 Å². The normalized spacial score (nSPS) is 16.5. The molecule has 1 saturated heterocycles. The fraction of sp³-hybridized carbons (Fsp3) is 0.519. The third kappa shape index (κ3) is 31.5. The molecule has 45 heteroatoms. The van der Waals surface area contributed by atoms with Crippen molar-refractivity contribution in [3.63, 3.8) is 0 Å². The van der Waals surface area contributed by atoms with Crippen molar-refractivity contribution >= 4 is 123 Å². The summed E-state index contributed by atoms with van der Waals surface area (Å²) in [5.41, 5.74) is 24.8. The molecular weight excluding hydrogens is 1650 g/mol. The van der Waals surface area contributed by atoms with Gasteiger partial charge in [0.2, 0.25) is 100 Å². The Morgan fingerprint density at radius 3 is 1.35 bits per heavy atom. The van der Waals surface area contributed by atoms with Crippen LogP contribution in [0.3, 0.4) is 0 Å². The number of primary amides is 3. The molecule has 1 aromatic heterocycles. The molecule has 45 nitrogen and oxygen atoms in total. The number of carbonyl (C=O) groups is 19. The molecule has 0 bridgehead atoms. The van der Waals surface area contributed by atoms with Crippen LogP contribution in [0.5, 0.6) is 5.75 Å². The molecule has 4 aromatic rings. The Morgan fingerprint density at radius 1 is 0.444 bits per heavy atom. The molecule has 1 aliphatic heterocycles. The number of rotatable bonds is 51. The number of aliphatic hydroxyl groups excluding tert-OH is 4. The van der Waals surface area contributed by atoms with Gasteiger partial charge in [-0.15, -0.1) is 0 Å². The number of carboxylic acids is 2. The number of phenolic OH excluding ortho intramolecular Hbond substituents is 1. The lowest BCUT2D eigenvalue weighted by molar-refractivity contribution is -0.147. The number of carboxylic acid groups (broad SMARTS) is 2. The number of hydrogen-bond acceptors (Lipinski definition) is 25. The van der Waals surface area contributed by atoms with Crippen molar-refractivity contribution in [3.8, 4) is 5.75 Å². The molecule has 1 aliphatic rings. The van der Waals surface area contributed by atoms with Crippen molar-refractivity contribution in [2.75, 3.05) is 19.8 Å². The van der Waals surface area contributed by atoms with E-state index in [0.29, 0.717) is 34.0 Å². The highest BCUT2D eigenvalue weighted by atomic mass is 16.4. The van der Waals surface area contributed by atoms with Crippen molar-refractivity contribution in [2.45, 2.75) is 229 Å². The largest absolute Gasteiger partial charge is 0.508 e. The van der Waals surface area contributed by atoms with Gasteiger partial charge in [0.15, 0.2) is 0 Å². The molecule has 17 amide bonds. The standard InChI is InChI=1S/C81H115N19O26/c1-9-39(6)64(97-76(120)63(38(4)5)96-71(115)53(32-60(85)108)90-75(119)62(37(2)3)95-67(111)49(25-26-58(83)106)87-74(118)57-20-15-27-100(57)80(124)47(82)28-43-21-23-45(105)24-22-43)77(121)91-52(31-59(84)107)69(113)88-50(29-42-16-11-10-12-17-42)70(114)98-66(41(8)104)79(123)99-65(40(7)103)78(122)94-56(36-102)72(116)89-51(30-44-34-86-48-19-14-13-18-46(44)48)68(112)93-55(35-101)73(117)92-54(81(125)126)33-61(109)110/h10-14,16-19,21-24,34,37-41,47,49-57,62-66,86,101-105H,9,15,20,25-33,35-36,82H2,1-8H3,(H2,83,106)(H2,84,107)(H2,85,108)(H,87,118)(H,88,113)(H,89,116)(H,90,119)(H,91,121)(H,92,117)(H,93,112)(H,94,122)(H,95,111)(H,96,115)(H,97,120)(H,98,114)(H,99,123)(H,109,110)(H,125,126)/t39-,40+,41+,47-,49-,50-,51-,52-,53-,54-,55-,56-,57-,62-,63-,64-,65-,66-/m0/s1. The lowest BCUT2D eigenvalue weighted by atomic mass is 9.95. The first-order valence-electron chi connectivity index (χ1n) is 40.5. The molecule has 3 aromatic carbocycles. The summed E-state index contributed by atoms with van der Waals surface area (Å²) < 4.78 is 0. The molecule has 0 saturated carbocycles. The van der Waals surface area contributed by atoms with E-state index >= 15 is 0 Å². The van der Waals surface area contributed by atoms with Crippen LogP contribution in [0.4, 0.5) is 0 Å². The number of para-hydroxylation sites is 1. The second kappa shape index (κ2) is 49.3. The van der Waals surface area contributed by atoms with Gasteiger partial charge in [0, 0.05) is 42.9 Å². The molecule has 0 radical (unpaired) electrons. The molecule has 126 heavy (non-hydrogen) atoms. The number of nitrogens with zero attached hydrogens (tertiary/aromatic N) is 1. The molecule has 29 N–H and O–H groups in total. The van der Waals surface area contributed by atoms with Gasteiger partial charge in [0.05, 0.1) is 50.7 Å². The van der Waals surface area contributed by atoms with Crippen molar-refractivity contribution in [2.24, 2.45) is 40.7 Å². The number of aliphatic hydroxyl groups is 4. The van der Waals surface area contributed by atoms with Gasteiger partial charge in [-0.25, -0.2) is 4.79 Å². The quantitative estimate of drug-likeness (QED) is 0.0195. The first-order valence-corrected chi connectivity index (χ1v) is 40.5. The number of aromatic nitrogens is 1. The summed E-state index contributed by atoms with van der Waals surface area (Å²) in [6.07, 6.45) is -6.27. The zero-order valence-electron chi connectivity index (χ0n) is 70.7. The Morgan fingerprint density at radius 2 is 0.849 bits per heavy atom. The Hall–Kier alpha value is -13.3. The number of nitrogens with two attached hydrogens (primary N) is 4. The van der Waals surface area contributed by atoms with E-state index in [4.69, 9.17) is 22.9 Å². The van der Waals surface area contributed by atoms with Gasteiger partial charge in [-0.05, 0) is 92.2 Å². The predicted octanol–water partition coefficient (Wildman–Crippen LogP) is -7.80. The van der Waals surface area contributed by atoms with Crippen LogP contribution in [0.2, 0.25) is 0 Å². The number of aliphatic carboxylic acids is 2. The number of nitrogens with one attached hydrogen (secondary N) is 14. The van der Waals surface area contributed by atoms with E-state index in [-0.39, 0.29) is 38.0 Å². The molecule has 0 aliphatic carbocycles. The number of H-pyrrole nitrogens is 1. The molecule has 690 valence electrons. The van der Waals surface area contributed by atoms with Crippen LogP contribution in [-0.2, 0) is 110 Å². The fourth-order valence-electron chi connectivity index (χ4n) is 13.4. The number of hydrogen-bond donors (Lipinski definition) is 25. The maximum absolute atomic E-state index is 14.6. The Kier molecular flexibility index (Phi) is 40.4. The van der Waals surface area contributed by atoms with Crippen LogP contribution < -0.4 is 92.1 Å². The summed E-state index contributed by atoms with van der Waals surface area (Å²) >= 11 is 0. The maximum atomic E-state index is 14.6. The predicted molar refractivity (Wildman–Crippen MR) is 444 cm³/mol. The number of phenols is 1.